The number of aromatic amines is 1. The van der Waals surface area contributed by atoms with E-state index in [-0.39, 0.29) is 9.77 Å². The predicted molar refractivity (Wildman–Crippen MR) is 138 cm³/mol. The number of carbonyl (C=O) groups is 1. The molecule has 0 spiro atoms. The van der Waals surface area contributed by atoms with Crippen molar-refractivity contribution < 1.29 is 18.3 Å². The first-order chi connectivity index (χ1) is 16.9. The van der Waals surface area contributed by atoms with Crippen LogP contribution in [-0.2, 0) is 10.0 Å². The Morgan fingerprint density at radius 3 is 2.51 bits per heavy atom. The Bertz CT molecular complexity index is 1710. The van der Waals surface area contributed by atoms with E-state index >= 15 is 0 Å². The Hall–Kier alpha value is -4.32. The predicted octanol–water partition coefficient (Wildman–Crippen LogP) is 5.80. The molecule has 0 atom stereocenters. The molecule has 35 heavy (non-hydrogen) atoms. The number of nitrogens with one attached hydrogen (secondary N) is 2. The van der Waals surface area contributed by atoms with Crippen LogP contribution in [0.15, 0.2) is 94.6 Å². The van der Waals surface area contributed by atoms with E-state index in [0.29, 0.717) is 22.4 Å². The Morgan fingerprint density at radius 1 is 0.943 bits per heavy atom. The summed E-state index contributed by atoms with van der Waals surface area (Å²) in [5.41, 5.74) is 4.04. The molecule has 6 nitrogen and oxygen atoms in total. The zero-order valence-electron chi connectivity index (χ0n) is 18.1. The molecule has 8 heteroatoms. The van der Waals surface area contributed by atoms with Crippen LogP contribution in [-0.4, -0.2) is 24.5 Å². The number of fused-ring (bicyclic) bond motifs is 1. The third-order valence-corrected chi connectivity index (χ3v) is 8.16. The summed E-state index contributed by atoms with van der Waals surface area (Å²) in [6, 6.07) is 22.7. The van der Waals surface area contributed by atoms with Gasteiger partial charge in [-0.1, -0.05) is 36.1 Å². The third kappa shape index (κ3) is 4.68. The van der Waals surface area contributed by atoms with Crippen molar-refractivity contribution in [1.29, 1.82) is 0 Å². The average Bonchev–Trinajstić information content (AvgIpc) is 3.55. The van der Waals surface area contributed by atoms with E-state index in [1.807, 2.05) is 30.5 Å². The van der Waals surface area contributed by atoms with Crippen molar-refractivity contribution in [3.05, 3.63) is 107 Å². The van der Waals surface area contributed by atoms with Crippen molar-refractivity contribution in [2.45, 2.75) is 4.21 Å². The van der Waals surface area contributed by atoms with Gasteiger partial charge in [0.1, 0.15) is 4.21 Å². The fourth-order valence-corrected chi connectivity index (χ4v) is 5.78. The summed E-state index contributed by atoms with van der Waals surface area (Å²) in [7, 11) is -3.62. The molecule has 0 unspecified atom stereocenters. The van der Waals surface area contributed by atoms with Gasteiger partial charge >= 0.3 is 5.97 Å². The van der Waals surface area contributed by atoms with E-state index in [1.165, 1.54) is 0 Å². The zero-order valence-corrected chi connectivity index (χ0v) is 19.8. The Morgan fingerprint density at radius 2 is 1.77 bits per heavy atom. The summed E-state index contributed by atoms with van der Waals surface area (Å²) in [5, 5.41) is 12.5. The maximum absolute atomic E-state index is 12.4. The van der Waals surface area contributed by atoms with Gasteiger partial charge in [-0.2, -0.15) is 0 Å². The number of anilines is 1. The number of H-pyrrole nitrogens is 1. The van der Waals surface area contributed by atoms with Crippen LogP contribution in [0.25, 0.3) is 22.0 Å². The molecule has 2 heterocycles. The Labute approximate surface area is 205 Å². The second-order valence-electron chi connectivity index (χ2n) is 7.68. The number of aromatic nitrogens is 1. The van der Waals surface area contributed by atoms with E-state index in [1.54, 1.807) is 60.0 Å². The lowest BCUT2D eigenvalue weighted by Crippen LogP contribution is -2.11. The van der Waals surface area contributed by atoms with Crippen LogP contribution in [0.1, 0.15) is 21.5 Å². The van der Waals surface area contributed by atoms with Crippen LogP contribution in [0.3, 0.4) is 0 Å². The Balaban J connectivity index is 1.47. The minimum Gasteiger partial charge on any atom is -0.478 e. The van der Waals surface area contributed by atoms with Gasteiger partial charge in [-0.25, -0.2) is 13.2 Å². The van der Waals surface area contributed by atoms with Gasteiger partial charge in [0.2, 0.25) is 0 Å². The summed E-state index contributed by atoms with van der Waals surface area (Å²) in [6.45, 7) is 0. The molecule has 0 aliphatic carbocycles. The fraction of sp³-hybridized carbons (Fsp3) is 0. The zero-order chi connectivity index (χ0) is 24.4. The van der Waals surface area contributed by atoms with Crippen LogP contribution in [0.5, 0.6) is 0 Å². The van der Waals surface area contributed by atoms with Crippen molar-refractivity contribution in [2.75, 3.05) is 4.72 Å². The molecule has 2 aromatic heterocycles. The molecule has 3 N–H and O–H groups in total. The first-order valence-electron chi connectivity index (χ1n) is 10.5. The van der Waals surface area contributed by atoms with Gasteiger partial charge in [-0.3, -0.25) is 4.72 Å². The first kappa shape index (κ1) is 22.5. The molecule has 0 radical (unpaired) electrons. The van der Waals surface area contributed by atoms with Gasteiger partial charge in [0.15, 0.2) is 0 Å². The SMILES string of the molecule is O=C(O)c1cccc(C#Cc2ccc(NS(=O)(=O)c3cccs3)cc2)c1-c1ccc2cc[nH]c2c1. The minimum absolute atomic E-state index is 0.168. The fourth-order valence-electron chi connectivity index (χ4n) is 3.73. The first-order valence-corrected chi connectivity index (χ1v) is 12.9. The van der Waals surface area contributed by atoms with Crippen LogP contribution in [0, 0.1) is 11.8 Å². The van der Waals surface area contributed by atoms with E-state index in [4.69, 9.17) is 0 Å². The molecule has 5 aromatic rings. The van der Waals surface area contributed by atoms with E-state index in [2.05, 4.69) is 21.5 Å². The van der Waals surface area contributed by atoms with Gasteiger partial charge < -0.3 is 10.1 Å². The van der Waals surface area contributed by atoms with E-state index in [0.717, 1.165) is 27.8 Å². The van der Waals surface area contributed by atoms with Gasteiger partial charge in [0, 0.05) is 34.1 Å². The highest BCUT2D eigenvalue weighted by molar-refractivity contribution is 7.94. The quantitative estimate of drug-likeness (QED) is 0.267. The van der Waals surface area contributed by atoms with Gasteiger partial charge in [0.25, 0.3) is 10.0 Å². The van der Waals surface area contributed by atoms with Crippen molar-refractivity contribution in [1.82, 2.24) is 4.98 Å². The number of aromatic carboxylic acids is 1. The summed E-state index contributed by atoms with van der Waals surface area (Å²) in [4.78, 5) is 15.1. The largest absolute Gasteiger partial charge is 0.478 e. The van der Waals surface area contributed by atoms with Crippen molar-refractivity contribution in [3.8, 4) is 23.0 Å². The minimum atomic E-state index is -3.62. The second-order valence-corrected chi connectivity index (χ2v) is 10.5. The number of thiophene rings is 1. The molecule has 0 saturated heterocycles. The van der Waals surface area contributed by atoms with Crippen LogP contribution in [0.2, 0.25) is 0 Å². The summed E-state index contributed by atoms with van der Waals surface area (Å²) in [6.07, 6.45) is 1.84. The molecule has 0 saturated carbocycles. The lowest BCUT2D eigenvalue weighted by Gasteiger charge is -2.10. The maximum Gasteiger partial charge on any atom is 0.336 e. The maximum atomic E-state index is 12.4. The molecule has 0 aliphatic heterocycles. The lowest BCUT2D eigenvalue weighted by atomic mass is 9.93. The van der Waals surface area contributed by atoms with E-state index < -0.39 is 16.0 Å². The molecular formula is C27H18N2O4S2. The highest BCUT2D eigenvalue weighted by Gasteiger charge is 2.16. The number of carboxylic acids is 1. The van der Waals surface area contributed by atoms with Gasteiger partial charge in [-0.15, -0.1) is 11.3 Å². The standard InChI is InChI=1S/C27H18N2O4S2/c30-27(31)23-4-1-3-20(26(23)21-11-10-19-14-15-28-24(19)17-21)9-6-18-7-12-22(13-8-18)29-35(32,33)25-5-2-16-34-25/h1-5,7-8,10-17,28-29H,(H,30,31). The average molecular weight is 499 g/mol. The molecule has 172 valence electrons. The molecule has 0 bridgehead atoms. The lowest BCUT2D eigenvalue weighted by molar-refractivity contribution is 0.0697. The third-order valence-electron chi connectivity index (χ3n) is 5.38. The smallest absolute Gasteiger partial charge is 0.336 e. The van der Waals surface area contributed by atoms with E-state index in [9.17, 15) is 18.3 Å². The highest BCUT2D eigenvalue weighted by atomic mass is 32.2. The Kier molecular flexibility index (Phi) is 5.87. The van der Waals surface area contributed by atoms with Crippen LogP contribution < -0.4 is 4.72 Å². The second kappa shape index (κ2) is 9.14. The number of rotatable bonds is 5. The van der Waals surface area contributed by atoms with Gasteiger partial charge in [-0.05, 0) is 70.9 Å². The molecule has 0 fully saturated rings. The topological polar surface area (TPSA) is 99.3 Å². The van der Waals surface area contributed by atoms with Crippen molar-refractivity contribution in [3.63, 3.8) is 0 Å². The highest BCUT2D eigenvalue weighted by Crippen LogP contribution is 2.30. The van der Waals surface area contributed by atoms with Crippen LogP contribution in [0.4, 0.5) is 5.69 Å². The molecule has 3 aromatic carbocycles. The number of sulfonamides is 1. The normalized spacial score (nSPS) is 11.1. The number of benzene rings is 3. The molecule has 5 rings (SSSR count). The van der Waals surface area contributed by atoms with Crippen molar-refractivity contribution in [2.24, 2.45) is 0 Å². The van der Waals surface area contributed by atoms with Crippen molar-refractivity contribution >= 4 is 43.9 Å². The molecule has 0 aliphatic rings. The van der Waals surface area contributed by atoms with Crippen LogP contribution >= 0.6 is 11.3 Å². The van der Waals surface area contributed by atoms with Gasteiger partial charge in [0.05, 0.1) is 5.56 Å². The number of carboxylic acid groups (broad SMARTS) is 1. The number of hydrogen-bond donors (Lipinski definition) is 3. The summed E-state index contributed by atoms with van der Waals surface area (Å²) < 4.78 is 27.6. The number of hydrogen-bond acceptors (Lipinski definition) is 4. The monoisotopic (exact) mass is 498 g/mol. The summed E-state index contributed by atoms with van der Waals surface area (Å²) >= 11 is 1.15. The summed E-state index contributed by atoms with van der Waals surface area (Å²) in [5.74, 6) is 5.13. The molecular weight excluding hydrogens is 480 g/mol. The molecule has 0 amide bonds.